The third-order valence-corrected chi connectivity index (χ3v) is 1.97. The number of hydrogen-bond acceptors (Lipinski definition) is 3. The SMILES string of the molecule is CC(C)OCCC(=O)Nc1ccc(N)cc1. The molecule has 0 aromatic heterocycles. The summed E-state index contributed by atoms with van der Waals surface area (Å²) in [4.78, 5) is 11.5. The van der Waals surface area contributed by atoms with Crippen LogP contribution in [0, 0.1) is 0 Å². The first-order chi connectivity index (χ1) is 7.58. The van der Waals surface area contributed by atoms with Gasteiger partial charge in [0.25, 0.3) is 0 Å². The molecule has 1 aromatic rings. The predicted molar refractivity (Wildman–Crippen MR) is 65.2 cm³/mol. The Morgan fingerprint density at radius 1 is 1.38 bits per heavy atom. The molecule has 4 heteroatoms. The first kappa shape index (κ1) is 12.5. The fraction of sp³-hybridized carbons (Fsp3) is 0.417. The summed E-state index contributed by atoms with van der Waals surface area (Å²) in [6.07, 6.45) is 0.520. The fourth-order valence-electron chi connectivity index (χ4n) is 1.18. The summed E-state index contributed by atoms with van der Waals surface area (Å²) in [6.45, 7) is 4.33. The van der Waals surface area contributed by atoms with Gasteiger partial charge in [0.1, 0.15) is 0 Å². The van der Waals surface area contributed by atoms with Crippen LogP contribution in [0.3, 0.4) is 0 Å². The van der Waals surface area contributed by atoms with Gasteiger partial charge in [0.2, 0.25) is 5.91 Å². The van der Waals surface area contributed by atoms with Crippen LogP contribution in [0.15, 0.2) is 24.3 Å². The molecule has 1 rings (SSSR count). The van der Waals surface area contributed by atoms with E-state index in [9.17, 15) is 4.79 Å². The van der Waals surface area contributed by atoms with Gasteiger partial charge in [-0.3, -0.25) is 4.79 Å². The van der Waals surface area contributed by atoms with Crippen molar-refractivity contribution < 1.29 is 9.53 Å². The van der Waals surface area contributed by atoms with Crippen LogP contribution >= 0.6 is 0 Å². The van der Waals surface area contributed by atoms with Gasteiger partial charge in [-0.25, -0.2) is 0 Å². The quantitative estimate of drug-likeness (QED) is 0.749. The zero-order valence-corrected chi connectivity index (χ0v) is 9.69. The lowest BCUT2D eigenvalue weighted by atomic mass is 10.3. The average molecular weight is 222 g/mol. The van der Waals surface area contributed by atoms with Gasteiger partial charge < -0.3 is 15.8 Å². The van der Waals surface area contributed by atoms with E-state index in [4.69, 9.17) is 10.5 Å². The smallest absolute Gasteiger partial charge is 0.226 e. The zero-order valence-electron chi connectivity index (χ0n) is 9.69. The molecular formula is C12H18N2O2. The van der Waals surface area contributed by atoms with Gasteiger partial charge in [-0.2, -0.15) is 0 Å². The van der Waals surface area contributed by atoms with Crippen molar-refractivity contribution in [3.05, 3.63) is 24.3 Å². The highest BCUT2D eigenvalue weighted by Crippen LogP contribution is 2.10. The molecule has 4 nitrogen and oxygen atoms in total. The van der Waals surface area contributed by atoms with Gasteiger partial charge in [0.05, 0.1) is 19.1 Å². The maximum atomic E-state index is 11.5. The minimum Gasteiger partial charge on any atom is -0.399 e. The molecule has 1 amide bonds. The van der Waals surface area contributed by atoms with E-state index in [1.807, 2.05) is 13.8 Å². The monoisotopic (exact) mass is 222 g/mol. The van der Waals surface area contributed by atoms with E-state index < -0.39 is 0 Å². The lowest BCUT2D eigenvalue weighted by Gasteiger charge is -2.08. The molecule has 0 radical (unpaired) electrons. The number of rotatable bonds is 5. The number of nitrogens with two attached hydrogens (primary N) is 1. The van der Waals surface area contributed by atoms with Gasteiger partial charge in [-0.1, -0.05) is 0 Å². The molecule has 0 aliphatic carbocycles. The third kappa shape index (κ3) is 4.79. The van der Waals surface area contributed by atoms with Crippen molar-refractivity contribution in [3.8, 4) is 0 Å². The van der Waals surface area contributed by atoms with Crippen molar-refractivity contribution in [2.24, 2.45) is 0 Å². The first-order valence-corrected chi connectivity index (χ1v) is 5.35. The number of benzene rings is 1. The lowest BCUT2D eigenvalue weighted by Crippen LogP contribution is -2.15. The number of ether oxygens (including phenoxy) is 1. The molecule has 0 aliphatic rings. The summed E-state index contributed by atoms with van der Waals surface area (Å²) in [5, 5.41) is 2.77. The molecule has 0 spiro atoms. The van der Waals surface area contributed by atoms with Crippen LogP contribution in [0.1, 0.15) is 20.3 Å². The van der Waals surface area contributed by atoms with Crippen molar-refractivity contribution in [1.82, 2.24) is 0 Å². The maximum Gasteiger partial charge on any atom is 0.226 e. The molecular weight excluding hydrogens is 204 g/mol. The van der Waals surface area contributed by atoms with E-state index in [0.29, 0.717) is 18.7 Å². The summed E-state index contributed by atoms with van der Waals surface area (Å²) in [6, 6.07) is 7.05. The third-order valence-electron chi connectivity index (χ3n) is 1.97. The lowest BCUT2D eigenvalue weighted by molar-refractivity contribution is -0.117. The topological polar surface area (TPSA) is 64.3 Å². The molecule has 0 atom stereocenters. The molecule has 16 heavy (non-hydrogen) atoms. The Kier molecular flexibility index (Phi) is 4.79. The molecule has 1 aromatic carbocycles. The second-order valence-corrected chi connectivity index (χ2v) is 3.84. The molecule has 0 saturated carbocycles. The molecule has 0 heterocycles. The van der Waals surface area contributed by atoms with Crippen LogP contribution in [0.4, 0.5) is 11.4 Å². The second kappa shape index (κ2) is 6.12. The summed E-state index contributed by atoms with van der Waals surface area (Å²) < 4.78 is 5.29. The summed E-state index contributed by atoms with van der Waals surface area (Å²) in [5.74, 6) is -0.0505. The number of carbonyl (C=O) groups is 1. The van der Waals surface area contributed by atoms with E-state index in [1.54, 1.807) is 24.3 Å². The largest absolute Gasteiger partial charge is 0.399 e. The summed E-state index contributed by atoms with van der Waals surface area (Å²) in [7, 11) is 0. The molecule has 88 valence electrons. The second-order valence-electron chi connectivity index (χ2n) is 3.84. The normalized spacial score (nSPS) is 10.4. The van der Waals surface area contributed by atoms with Gasteiger partial charge in [0, 0.05) is 11.4 Å². The van der Waals surface area contributed by atoms with E-state index >= 15 is 0 Å². The highest BCUT2D eigenvalue weighted by atomic mass is 16.5. The minimum absolute atomic E-state index is 0.0505. The Morgan fingerprint density at radius 2 is 2.00 bits per heavy atom. The fourth-order valence-corrected chi connectivity index (χ4v) is 1.18. The van der Waals surface area contributed by atoms with Gasteiger partial charge in [0.15, 0.2) is 0 Å². The van der Waals surface area contributed by atoms with Crippen molar-refractivity contribution in [2.75, 3.05) is 17.7 Å². The molecule has 0 fully saturated rings. The highest BCUT2D eigenvalue weighted by Gasteiger charge is 2.02. The van der Waals surface area contributed by atoms with Crippen molar-refractivity contribution in [1.29, 1.82) is 0 Å². The number of carbonyl (C=O) groups excluding carboxylic acids is 1. The molecule has 0 bridgehead atoms. The summed E-state index contributed by atoms with van der Waals surface area (Å²) >= 11 is 0. The molecule has 3 N–H and O–H groups in total. The van der Waals surface area contributed by atoms with E-state index in [1.165, 1.54) is 0 Å². The van der Waals surface area contributed by atoms with E-state index in [0.717, 1.165) is 5.69 Å². The van der Waals surface area contributed by atoms with Crippen LogP contribution < -0.4 is 11.1 Å². The first-order valence-electron chi connectivity index (χ1n) is 5.35. The van der Waals surface area contributed by atoms with Gasteiger partial charge in [-0.15, -0.1) is 0 Å². The standard InChI is InChI=1S/C12H18N2O2/c1-9(2)16-8-7-12(15)14-11-5-3-10(13)4-6-11/h3-6,9H,7-8,13H2,1-2H3,(H,14,15). The molecule has 0 unspecified atom stereocenters. The van der Waals surface area contributed by atoms with Gasteiger partial charge in [-0.05, 0) is 38.1 Å². The van der Waals surface area contributed by atoms with Crippen LogP contribution in [-0.2, 0) is 9.53 Å². The number of hydrogen-bond donors (Lipinski definition) is 2. The minimum atomic E-state index is -0.0505. The van der Waals surface area contributed by atoms with Crippen LogP contribution in [0.25, 0.3) is 0 Å². The van der Waals surface area contributed by atoms with Crippen LogP contribution in [0.2, 0.25) is 0 Å². The Morgan fingerprint density at radius 3 is 2.56 bits per heavy atom. The average Bonchev–Trinajstić information content (AvgIpc) is 2.21. The Bertz CT molecular complexity index is 333. The molecule has 0 saturated heterocycles. The van der Waals surface area contributed by atoms with E-state index in [2.05, 4.69) is 5.32 Å². The number of amides is 1. The number of nitrogens with one attached hydrogen (secondary N) is 1. The van der Waals surface area contributed by atoms with Crippen molar-refractivity contribution in [2.45, 2.75) is 26.4 Å². The highest BCUT2D eigenvalue weighted by molar-refractivity contribution is 5.90. The Labute approximate surface area is 95.8 Å². The van der Waals surface area contributed by atoms with Crippen molar-refractivity contribution in [3.63, 3.8) is 0 Å². The number of anilines is 2. The molecule has 0 aliphatic heterocycles. The van der Waals surface area contributed by atoms with Crippen molar-refractivity contribution >= 4 is 17.3 Å². The van der Waals surface area contributed by atoms with Crippen LogP contribution in [-0.4, -0.2) is 18.6 Å². The summed E-state index contributed by atoms with van der Waals surface area (Å²) in [5.41, 5.74) is 6.97. The number of nitrogen functional groups attached to an aromatic ring is 1. The Hall–Kier alpha value is -1.55. The maximum absolute atomic E-state index is 11.5. The Balaban J connectivity index is 2.31. The zero-order chi connectivity index (χ0) is 12.0. The van der Waals surface area contributed by atoms with Crippen LogP contribution in [0.5, 0.6) is 0 Å². The van der Waals surface area contributed by atoms with E-state index in [-0.39, 0.29) is 12.0 Å². The predicted octanol–water partition coefficient (Wildman–Crippen LogP) is 2.02. The van der Waals surface area contributed by atoms with Gasteiger partial charge >= 0.3 is 0 Å².